The topological polar surface area (TPSA) is 90.0 Å². The minimum atomic E-state index is -2.15. The number of carbonyl (C=O) groups is 4. The standard InChI is InChI=1S/C23H23NO6/c1-3-30-22(28)23(13-19(25)17-9-11-18(29-2)12-10-17)20(26)15-24(21(23)27)14-16-7-5-4-6-8-16/h4-12H,3,13-15H2,1-2H3. The first-order valence-corrected chi connectivity index (χ1v) is 9.63. The molecule has 1 aliphatic rings. The second kappa shape index (κ2) is 8.90. The van der Waals surface area contributed by atoms with Crippen LogP contribution in [0.15, 0.2) is 54.6 Å². The molecule has 1 amide bonds. The number of ether oxygens (including phenoxy) is 2. The van der Waals surface area contributed by atoms with Crippen LogP contribution in [-0.2, 0) is 25.7 Å². The molecule has 0 bridgehead atoms. The quantitative estimate of drug-likeness (QED) is 0.378. The van der Waals surface area contributed by atoms with Gasteiger partial charge in [-0.05, 0) is 36.8 Å². The van der Waals surface area contributed by atoms with Crippen molar-refractivity contribution < 1.29 is 28.7 Å². The van der Waals surface area contributed by atoms with Crippen LogP contribution >= 0.6 is 0 Å². The number of likely N-dealkylation sites (tertiary alicyclic amines) is 1. The minimum Gasteiger partial charge on any atom is -0.497 e. The highest BCUT2D eigenvalue weighted by molar-refractivity contribution is 6.28. The largest absolute Gasteiger partial charge is 0.497 e. The first kappa shape index (κ1) is 21.2. The van der Waals surface area contributed by atoms with Gasteiger partial charge in [0.25, 0.3) is 0 Å². The zero-order valence-electron chi connectivity index (χ0n) is 16.9. The fourth-order valence-electron chi connectivity index (χ4n) is 3.52. The van der Waals surface area contributed by atoms with Gasteiger partial charge in [0.15, 0.2) is 11.6 Å². The third kappa shape index (κ3) is 3.96. The molecule has 30 heavy (non-hydrogen) atoms. The molecular weight excluding hydrogens is 386 g/mol. The molecule has 1 fully saturated rings. The SMILES string of the molecule is CCOC(=O)C1(CC(=O)c2ccc(OC)cc2)C(=O)CN(Cc2ccccc2)C1=O. The van der Waals surface area contributed by atoms with Crippen molar-refractivity contribution in [2.45, 2.75) is 19.9 Å². The number of carbonyl (C=O) groups excluding carboxylic acids is 4. The van der Waals surface area contributed by atoms with Gasteiger partial charge in [-0.1, -0.05) is 30.3 Å². The van der Waals surface area contributed by atoms with Gasteiger partial charge in [-0.2, -0.15) is 0 Å². The fourth-order valence-corrected chi connectivity index (χ4v) is 3.52. The smallest absolute Gasteiger partial charge is 0.329 e. The average molecular weight is 409 g/mol. The minimum absolute atomic E-state index is 0.00342. The Morgan fingerprint density at radius 2 is 1.70 bits per heavy atom. The van der Waals surface area contributed by atoms with Gasteiger partial charge in [-0.25, -0.2) is 0 Å². The maximum Gasteiger partial charge on any atom is 0.329 e. The van der Waals surface area contributed by atoms with Crippen LogP contribution in [0.2, 0.25) is 0 Å². The number of methoxy groups -OCH3 is 1. The Hall–Kier alpha value is -3.48. The Balaban J connectivity index is 1.90. The van der Waals surface area contributed by atoms with Crippen LogP contribution in [0.4, 0.5) is 0 Å². The molecule has 7 nitrogen and oxygen atoms in total. The predicted octanol–water partition coefficient (Wildman–Crippen LogP) is 2.43. The van der Waals surface area contributed by atoms with Gasteiger partial charge in [0.1, 0.15) is 5.75 Å². The van der Waals surface area contributed by atoms with E-state index < -0.39 is 35.3 Å². The van der Waals surface area contributed by atoms with Crippen molar-refractivity contribution in [3.8, 4) is 5.75 Å². The van der Waals surface area contributed by atoms with Gasteiger partial charge in [0.05, 0.1) is 20.3 Å². The molecule has 7 heteroatoms. The molecule has 1 saturated heterocycles. The van der Waals surface area contributed by atoms with E-state index >= 15 is 0 Å². The average Bonchev–Trinajstić information content (AvgIpc) is 2.99. The lowest BCUT2D eigenvalue weighted by Gasteiger charge is -2.24. The van der Waals surface area contributed by atoms with Gasteiger partial charge in [0, 0.05) is 18.5 Å². The fraction of sp³-hybridized carbons (Fsp3) is 0.304. The Labute approximate surface area is 174 Å². The van der Waals surface area contributed by atoms with Crippen molar-refractivity contribution in [1.82, 2.24) is 4.90 Å². The van der Waals surface area contributed by atoms with Crippen molar-refractivity contribution in [1.29, 1.82) is 0 Å². The second-order valence-electron chi connectivity index (χ2n) is 7.02. The molecule has 1 heterocycles. The molecule has 2 aromatic carbocycles. The van der Waals surface area contributed by atoms with Gasteiger partial charge < -0.3 is 14.4 Å². The van der Waals surface area contributed by atoms with E-state index in [0.717, 1.165) is 5.56 Å². The number of hydrogen-bond donors (Lipinski definition) is 0. The van der Waals surface area contributed by atoms with Gasteiger partial charge in [0.2, 0.25) is 11.3 Å². The predicted molar refractivity (Wildman–Crippen MR) is 108 cm³/mol. The molecular formula is C23H23NO6. The Bertz CT molecular complexity index is 953. The molecule has 156 valence electrons. The van der Waals surface area contributed by atoms with Crippen LogP contribution in [0.25, 0.3) is 0 Å². The first-order valence-electron chi connectivity index (χ1n) is 9.63. The molecule has 3 rings (SSSR count). The summed E-state index contributed by atoms with van der Waals surface area (Å²) < 4.78 is 10.1. The Kier molecular flexibility index (Phi) is 6.30. The van der Waals surface area contributed by atoms with Crippen molar-refractivity contribution in [3.63, 3.8) is 0 Å². The van der Waals surface area contributed by atoms with Crippen molar-refractivity contribution in [3.05, 3.63) is 65.7 Å². The summed E-state index contributed by atoms with van der Waals surface area (Å²) in [6.07, 6.45) is -0.568. The molecule has 0 spiro atoms. The van der Waals surface area contributed by atoms with E-state index in [1.54, 1.807) is 19.1 Å². The second-order valence-corrected chi connectivity index (χ2v) is 7.02. The number of hydrogen-bond acceptors (Lipinski definition) is 6. The normalized spacial score (nSPS) is 18.4. The molecule has 0 saturated carbocycles. The van der Waals surface area contributed by atoms with E-state index in [1.165, 1.54) is 24.1 Å². The van der Waals surface area contributed by atoms with Crippen molar-refractivity contribution >= 4 is 23.4 Å². The van der Waals surface area contributed by atoms with Crippen molar-refractivity contribution in [2.24, 2.45) is 5.41 Å². The van der Waals surface area contributed by atoms with E-state index in [2.05, 4.69) is 0 Å². The van der Waals surface area contributed by atoms with E-state index in [1.807, 2.05) is 30.3 Å². The Morgan fingerprint density at radius 1 is 1.03 bits per heavy atom. The summed E-state index contributed by atoms with van der Waals surface area (Å²) >= 11 is 0. The number of nitrogens with zero attached hydrogens (tertiary/aromatic N) is 1. The van der Waals surface area contributed by atoms with E-state index in [4.69, 9.17) is 9.47 Å². The zero-order valence-corrected chi connectivity index (χ0v) is 16.9. The maximum atomic E-state index is 13.3. The molecule has 1 atom stereocenters. The molecule has 1 aliphatic heterocycles. The number of amides is 1. The molecule has 0 aliphatic carbocycles. The monoisotopic (exact) mass is 409 g/mol. The van der Waals surface area contributed by atoms with Crippen LogP contribution in [0, 0.1) is 5.41 Å². The summed E-state index contributed by atoms with van der Waals surface area (Å²) in [5, 5.41) is 0. The van der Waals surface area contributed by atoms with E-state index in [9.17, 15) is 19.2 Å². The number of Topliss-reactive ketones (excluding diaryl/α,β-unsaturated/α-hetero) is 2. The lowest BCUT2D eigenvalue weighted by Crippen LogP contribution is -2.46. The summed E-state index contributed by atoms with van der Waals surface area (Å²) in [4.78, 5) is 53.2. The third-order valence-corrected chi connectivity index (χ3v) is 5.14. The highest BCUT2D eigenvalue weighted by atomic mass is 16.5. The van der Waals surface area contributed by atoms with Crippen LogP contribution in [0.5, 0.6) is 5.75 Å². The first-order chi connectivity index (χ1) is 14.4. The highest BCUT2D eigenvalue weighted by Gasteiger charge is 2.61. The van der Waals surface area contributed by atoms with E-state index in [0.29, 0.717) is 5.75 Å². The van der Waals surface area contributed by atoms with E-state index in [-0.39, 0.29) is 25.3 Å². The number of esters is 1. The number of ketones is 2. The van der Waals surface area contributed by atoms with Gasteiger partial charge >= 0.3 is 5.97 Å². The maximum absolute atomic E-state index is 13.3. The van der Waals surface area contributed by atoms with Crippen molar-refractivity contribution in [2.75, 3.05) is 20.3 Å². The molecule has 0 aromatic heterocycles. The summed E-state index contributed by atoms with van der Waals surface area (Å²) in [6, 6.07) is 15.4. The summed E-state index contributed by atoms with van der Waals surface area (Å²) in [7, 11) is 1.50. The lowest BCUT2D eigenvalue weighted by molar-refractivity contribution is -0.163. The molecule has 2 aromatic rings. The summed E-state index contributed by atoms with van der Waals surface area (Å²) in [5.74, 6) is -2.22. The lowest BCUT2D eigenvalue weighted by atomic mass is 9.79. The van der Waals surface area contributed by atoms with Gasteiger partial charge in [-0.15, -0.1) is 0 Å². The van der Waals surface area contributed by atoms with Crippen LogP contribution in [-0.4, -0.2) is 48.6 Å². The van der Waals surface area contributed by atoms with Crippen LogP contribution < -0.4 is 4.74 Å². The van der Waals surface area contributed by atoms with Gasteiger partial charge in [-0.3, -0.25) is 19.2 Å². The van der Waals surface area contributed by atoms with Crippen LogP contribution in [0.3, 0.4) is 0 Å². The molecule has 1 unspecified atom stereocenters. The third-order valence-electron chi connectivity index (χ3n) is 5.14. The highest BCUT2D eigenvalue weighted by Crippen LogP contribution is 2.36. The molecule has 0 N–H and O–H groups in total. The van der Waals surface area contributed by atoms with Crippen LogP contribution in [0.1, 0.15) is 29.3 Å². The summed E-state index contributed by atoms with van der Waals surface area (Å²) in [6.45, 7) is 1.50. The molecule has 0 radical (unpaired) electrons. The summed E-state index contributed by atoms with van der Waals surface area (Å²) in [5.41, 5.74) is -1.05. The number of rotatable bonds is 8. The zero-order chi connectivity index (χ0) is 21.7. The Morgan fingerprint density at radius 3 is 2.30 bits per heavy atom. The number of benzene rings is 2.